The van der Waals surface area contributed by atoms with Crippen molar-refractivity contribution in [2.45, 2.75) is 52.7 Å². The average Bonchev–Trinajstić information content (AvgIpc) is 2.00. The summed E-state index contributed by atoms with van der Waals surface area (Å²) in [6.07, 6.45) is 2.05. The van der Waals surface area contributed by atoms with E-state index < -0.39 is 0 Å². The van der Waals surface area contributed by atoms with Crippen LogP contribution in [0.1, 0.15) is 40.5 Å². The van der Waals surface area contributed by atoms with Crippen LogP contribution in [-0.2, 0) is 4.74 Å². The van der Waals surface area contributed by atoms with Crippen molar-refractivity contribution in [3.05, 3.63) is 0 Å². The van der Waals surface area contributed by atoms with Crippen molar-refractivity contribution in [3.63, 3.8) is 0 Å². The Morgan fingerprint density at radius 3 is 2.17 bits per heavy atom. The van der Waals surface area contributed by atoms with Gasteiger partial charge < -0.3 is 9.84 Å². The number of hydrogen-bond acceptors (Lipinski definition) is 2. The second-order valence-electron chi connectivity index (χ2n) is 3.41. The van der Waals surface area contributed by atoms with Crippen molar-refractivity contribution in [3.8, 4) is 0 Å². The van der Waals surface area contributed by atoms with E-state index in [4.69, 9.17) is 4.74 Å². The van der Waals surface area contributed by atoms with Crippen molar-refractivity contribution >= 4 is 0 Å². The van der Waals surface area contributed by atoms with Crippen molar-refractivity contribution in [2.75, 3.05) is 6.61 Å². The Labute approximate surface area is 75.9 Å². The molecule has 0 spiro atoms. The van der Waals surface area contributed by atoms with Gasteiger partial charge in [0.05, 0.1) is 12.2 Å². The van der Waals surface area contributed by atoms with Crippen LogP contribution in [0.4, 0.5) is 0 Å². The zero-order valence-corrected chi connectivity index (χ0v) is 8.71. The van der Waals surface area contributed by atoms with Gasteiger partial charge in [0, 0.05) is 6.61 Å². The summed E-state index contributed by atoms with van der Waals surface area (Å²) in [6, 6.07) is 0. The van der Waals surface area contributed by atoms with Crippen LogP contribution >= 0.6 is 0 Å². The normalized spacial score (nSPS) is 18.8. The number of hydrogen-bond donors (Lipinski definition) is 1. The molecule has 2 nitrogen and oxygen atoms in total. The molecule has 0 rings (SSSR count). The lowest BCUT2D eigenvalue weighted by Gasteiger charge is -2.21. The summed E-state index contributed by atoms with van der Waals surface area (Å²) in [5, 5.41) is 9.37. The van der Waals surface area contributed by atoms with Crippen LogP contribution in [0.3, 0.4) is 0 Å². The molecule has 0 aromatic rings. The average molecular weight is 174 g/mol. The predicted octanol–water partition coefficient (Wildman–Crippen LogP) is 2.21. The Morgan fingerprint density at radius 1 is 1.25 bits per heavy atom. The third-order valence-corrected chi connectivity index (χ3v) is 2.29. The fourth-order valence-electron chi connectivity index (χ4n) is 1.48. The van der Waals surface area contributed by atoms with Gasteiger partial charge in [-0.3, -0.25) is 0 Å². The second kappa shape index (κ2) is 6.44. The number of aliphatic hydroxyl groups excluding tert-OH is 1. The zero-order chi connectivity index (χ0) is 9.56. The first kappa shape index (κ1) is 11.9. The lowest BCUT2D eigenvalue weighted by molar-refractivity contribution is 0.0297. The van der Waals surface area contributed by atoms with Gasteiger partial charge in [-0.25, -0.2) is 0 Å². The minimum Gasteiger partial charge on any atom is -0.393 e. The van der Waals surface area contributed by atoms with Crippen LogP contribution in [0.5, 0.6) is 0 Å². The van der Waals surface area contributed by atoms with E-state index in [2.05, 4.69) is 13.8 Å². The van der Waals surface area contributed by atoms with Crippen molar-refractivity contribution in [1.82, 2.24) is 0 Å². The van der Waals surface area contributed by atoms with E-state index >= 15 is 0 Å². The van der Waals surface area contributed by atoms with Gasteiger partial charge in [-0.1, -0.05) is 13.3 Å². The highest BCUT2D eigenvalue weighted by atomic mass is 16.5. The Hall–Kier alpha value is -0.0800. The summed E-state index contributed by atoms with van der Waals surface area (Å²) < 4.78 is 5.41. The SMILES string of the molecule is CCOC(C)CC(CC)C(C)O. The maximum Gasteiger partial charge on any atom is 0.0550 e. The van der Waals surface area contributed by atoms with E-state index in [0.717, 1.165) is 19.4 Å². The fourth-order valence-corrected chi connectivity index (χ4v) is 1.48. The lowest BCUT2D eigenvalue weighted by Crippen LogP contribution is -2.22. The molecule has 0 heterocycles. The first-order valence-electron chi connectivity index (χ1n) is 4.91. The molecule has 0 aliphatic rings. The molecule has 12 heavy (non-hydrogen) atoms. The molecule has 0 aliphatic heterocycles. The van der Waals surface area contributed by atoms with Crippen LogP contribution in [0, 0.1) is 5.92 Å². The smallest absolute Gasteiger partial charge is 0.0550 e. The second-order valence-corrected chi connectivity index (χ2v) is 3.41. The molecule has 0 bridgehead atoms. The summed E-state index contributed by atoms with van der Waals surface area (Å²) in [4.78, 5) is 0. The molecule has 2 heteroatoms. The van der Waals surface area contributed by atoms with Gasteiger partial charge in [-0.2, -0.15) is 0 Å². The van der Waals surface area contributed by atoms with E-state index in [1.807, 2.05) is 13.8 Å². The highest BCUT2D eigenvalue weighted by molar-refractivity contribution is 4.66. The number of rotatable bonds is 6. The molecule has 3 unspecified atom stereocenters. The van der Waals surface area contributed by atoms with Crippen LogP contribution < -0.4 is 0 Å². The molecule has 0 fully saturated rings. The number of ether oxygens (including phenoxy) is 1. The summed E-state index contributed by atoms with van der Waals surface area (Å²) in [5.41, 5.74) is 0. The van der Waals surface area contributed by atoms with Crippen LogP contribution in [0.25, 0.3) is 0 Å². The molecule has 0 saturated heterocycles. The molecule has 74 valence electrons. The Kier molecular flexibility index (Phi) is 6.39. The quantitative estimate of drug-likeness (QED) is 0.669. The predicted molar refractivity (Wildman–Crippen MR) is 51.2 cm³/mol. The molecule has 0 saturated carbocycles. The minimum absolute atomic E-state index is 0.210. The molecule has 1 N–H and O–H groups in total. The van der Waals surface area contributed by atoms with E-state index in [9.17, 15) is 5.11 Å². The van der Waals surface area contributed by atoms with Crippen LogP contribution in [-0.4, -0.2) is 23.9 Å². The van der Waals surface area contributed by atoms with Gasteiger partial charge >= 0.3 is 0 Å². The first-order valence-corrected chi connectivity index (χ1v) is 4.91. The lowest BCUT2D eigenvalue weighted by atomic mass is 9.94. The maximum absolute atomic E-state index is 9.37. The molecule has 0 aliphatic carbocycles. The van der Waals surface area contributed by atoms with Crippen molar-refractivity contribution in [1.29, 1.82) is 0 Å². The minimum atomic E-state index is -0.210. The van der Waals surface area contributed by atoms with E-state index in [1.165, 1.54) is 0 Å². The van der Waals surface area contributed by atoms with Gasteiger partial charge in [0.1, 0.15) is 0 Å². The highest BCUT2D eigenvalue weighted by Gasteiger charge is 2.15. The van der Waals surface area contributed by atoms with Gasteiger partial charge in [0.25, 0.3) is 0 Å². The monoisotopic (exact) mass is 174 g/mol. The number of aliphatic hydroxyl groups is 1. The summed E-state index contributed by atoms with van der Waals surface area (Å²) in [5.74, 6) is 0.381. The summed E-state index contributed by atoms with van der Waals surface area (Å²) in [7, 11) is 0. The standard InChI is InChI=1S/C10H22O2/c1-5-10(9(4)11)7-8(3)12-6-2/h8-11H,5-7H2,1-4H3. The molecule has 0 radical (unpaired) electrons. The molecule has 3 atom stereocenters. The topological polar surface area (TPSA) is 29.5 Å². The van der Waals surface area contributed by atoms with Crippen molar-refractivity contribution in [2.24, 2.45) is 5.92 Å². The van der Waals surface area contributed by atoms with Gasteiger partial charge in [-0.05, 0) is 33.1 Å². The Balaban J connectivity index is 3.69. The van der Waals surface area contributed by atoms with E-state index in [1.54, 1.807) is 0 Å². The first-order chi connectivity index (χ1) is 5.61. The molecular weight excluding hydrogens is 152 g/mol. The van der Waals surface area contributed by atoms with Crippen molar-refractivity contribution < 1.29 is 9.84 Å². The van der Waals surface area contributed by atoms with Crippen LogP contribution in [0.15, 0.2) is 0 Å². The molecular formula is C10H22O2. The Bertz CT molecular complexity index is 102. The summed E-state index contributed by atoms with van der Waals surface area (Å²) in [6.45, 7) is 8.79. The maximum atomic E-state index is 9.37. The fraction of sp³-hybridized carbons (Fsp3) is 1.00. The Morgan fingerprint density at radius 2 is 1.83 bits per heavy atom. The third-order valence-electron chi connectivity index (χ3n) is 2.29. The van der Waals surface area contributed by atoms with Gasteiger partial charge in [-0.15, -0.1) is 0 Å². The highest BCUT2D eigenvalue weighted by Crippen LogP contribution is 2.16. The van der Waals surface area contributed by atoms with Gasteiger partial charge in [0.15, 0.2) is 0 Å². The molecule has 0 aromatic carbocycles. The van der Waals surface area contributed by atoms with Gasteiger partial charge in [0.2, 0.25) is 0 Å². The largest absolute Gasteiger partial charge is 0.393 e. The summed E-state index contributed by atoms with van der Waals surface area (Å²) >= 11 is 0. The third kappa shape index (κ3) is 4.73. The van der Waals surface area contributed by atoms with E-state index in [0.29, 0.717) is 5.92 Å². The molecule has 0 aromatic heterocycles. The zero-order valence-electron chi connectivity index (χ0n) is 8.71. The van der Waals surface area contributed by atoms with Crippen LogP contribution in [0.2, 0.25) is 0 Å². The van der Waals surface area contributed by atoms with E-state index in [-0.39, 0.29) is 12.2 Å². The molecule has 0 amide bonds.